The molecule has 1 amide bonds. The van der Waals surface area contributed by atoms with Gasteiger partial charge in [0.1, 0.15) is 10.7 Å². The Bertz CT molecular complexity index is 672. The van der Waals surface area contributed by atoms with E-state index in [-0.39, 0.29) is 37.9 Å². The Hall–Kier alpha value is -1.51. The molecule has 23 heavy (non-hydrogen) atoms. The van der Waals surface area contributed by atoms with E-state index in [2.05, 4.69) is 5.32 Å². The molecule has 1 atom stereocenters. The van der Waals surface area contributed by atoms with E-state index in [1.807, 2.05) is 13.8 Å². The maximum atomic E-state index is 14.0. The van der Waals surface area contributed by atoms with Gasteiger partial charge in [0.2, 0.25) is 10.0 Å². The molecule has 0 saturated carbocycles. The number of morpholine rings is 1. The van der Waals surface area contributed by atoms with Crippen LogP contribution in [0.15, 0.2) is 23.1 Å². The predicted octanol–water partition coefficient (Wildman–Crippen LogP) is 1.37. The van der Waals surface area contributed by atoms with E-state index in [1.165, 1.54) is 10.4 Å². The van der Waals surface area contributed by atoms with Gasteiger partial charge in [-0.1, -0.05) is 6.92 Å². The van der Waals surface area contributed by atoms with Gasteiger partial charge in [0.25, 0.3) is 5.91 Å². The summed E-state index contributed by atoms with van der Waals surface area (Å²) < 4.78 is 45.5. The van der Waals surface area contributed by atoms with Gasteiger partial charge in [-0.2, -0.15) is 4.31 Å². The van der Waals surface area contributed by atoms with Crippen molar-refractivity contribution in [3.05, 3.63) is 29.6 Å². The lowest BCUT2D eigenvalue weighted by Crippen LogP contribution is -2.41. The molecule has 1 heterocycles. The zero-order chi connectivity index (χ0) is 17.0. The van der Waals surface area contributed by atoms with Crippen molar-refractivity contribution in [3.8, 4) is 0 Å². The van der Waals surface area contributed by atoms with Crippen LogP contribution in [0.3, 0.4) is 0 Å². The number of rotatable bonds is 5. The van der Waals surface area contributed by atoms with Crippen molar-refractivity contribution in [2.45, 2.75) is 31.2 Å². The normalized spacial score (nSPS) is 17.7. The van der Waals surface area contributed by atoms with Crippen LogP contribution in [0.5, 0.6) is 0 Å². The fourth-order valence-corrected chi connectivity index (χ4v) is 3.68. The quantitative estimate of drug-likeness (QED) is 0.875. The Morgan fingerprint density at radius 1 is 1.39 bits per heavy atom. The van der Waals surface area contributed by atoms with Crippen LogP contribution in [-0.2, 0) is 14.8 Å². The van der Waals surface area contributed by atoms with Gasteiger partial charge in [-0.3, -0.25) is 4.79 Å². The maximum absolute atomic E-state index is 14.0. The first-order chi connectivity index (χ1) is 10.9. The second-order valence-corrected chi connectivity index (χ2v) is 7.35. The minimum atomic E-state index is -3.98. The van der Waals surface area contributed by atoms with Crippen molar-refractivity contribution in [3.63, 3.8) is 0 Å². The SMILES string of the molecule is CCC(C)NC(=O)c1ccc(F)c(S(=O)(=O)N2CCOCC2)c1. The van der Waals surface area contributed by atoms with E-state index < -0.39 is 26.6 Å². The summed E-state index contributed by atoms with van der Waals surface area (Å²) in [5, 5.41) is 2.73. The van der Waals surface area contributed by atoms with Gasteiger partial charge in [0.15, 0.2) is 0 Å². The minimum Gasteiger partial charge on any atom is -0.379 e. The topological polar surface area (TPSA) is 75.7 Å². The second kappa shape index (κ2) is 7.37. The molecule has 1 aromatic rings. The monoisotopic (exact) mass is 344 g/mol. The zero-order valence-electron chi connectivity index (χ0n) is 13.2. The molecule has 6 nitrogen and oxygen atoms in total. The smallest absolute Gasteiger partial charge is 0.251 e. The van der Waals surface area contributed by atoms with Crippen LogP contribution < -0.4 is 5.32 Å². The first-order valence-corrected chi connectivity index (χ1v) is 8.98. The summed E-state index contributed by atoms with van der Waals surface area (Å²) in [6.45, 7) is 4.65. The Morgan fingerprint density at radius 2 is 2.04 bits per heavy atom. The third kappa shape index (κ3) is 4.07. The molecule has 1 fully saturated rings. The average molecular weight is 344 g/mol. The van der Waals surface area contributed by atoms with Crippen LogP contribution in [0.4, 0.5) is 4.39 Å². The van der Waals surface area contributed by atoms with Gasteiger partial charge in [-0.25, -0.2) is 12.8 Å². The number of nitrogens with zero attached hydrogens (tertiary/aromatic N) is 1. The van der Waals surface area contributed by atoms with E-state index in [1.54, 1.807) is 0 Å². The number of carbonyl (C=O) groups excluding carboxylic acids is 1. The summed E-state index contributed by atoms with van der Waals surface area (Å²) in [5.41, 5.74) is 0.124. The fourth-order valence-electron chi connectivity index (χ4n) is 2.18. The molecule has 1 aromatic carbocycles. The highest BCUT2D eigenvalue weighted by Crippen LogP contribution is 2.22. The van der Waals surface area contributed by atoms with E-state index >= 15 is 0 Å². The maximum Gasteiger partial charge on any atom is 0.251 e. The summed E-state index contributed by atoms with van der Waals surface area (Å²) in [7, 11) is -3.98. The van der Waals surface area contributed by atoms with E-state index in [0.29, 0.717) is 0 Å². The highest BCUT2D eigenvalue weighted by molar-refractivity contribution is 7.89. The molecule has 0 spiro atoms. The van der Waals surface area contributed by atoms with Crippen LogP contribution in [-0.4, -0.2) is 51.0 Å². The third-order valence-electron chi connectivity index (χ3n) is 3.77. The lowest BCUT2D eigenvalue weighted by molar-refractivity contribution is 0.0729. The summed E-state index contributed by atoms with van der Waals surface area (Å²) in [4.78, 5) is 11.6. The number of ether oxygens (including phenoxy) is 1. The average Bonchev–Trinajstić information content (AvgIpc) is 2.55. The van der Waals surface area contributed by atoms with E-state index in [0.717, 1.165) is 18.6 Å². The van der Waals surface area contributed by atoms with Gasteiger partial charge >= 0.3 is 0 Å². The van der Waals surface area contributed by atoms with Crippen molar-refractivity contribution in [1.29, 1.82) is 0 Å². The molecule has 8 heteroatoms. The molecule has 1 aliphatic rings. The largest absolute Gasteiger partial charge is 0.379 e. The van der Waals surface area contributed by atoms with Crippen molar-refractivity contribution < 1.29 is 22.3 Å². The summed E-state index contributed by atoms with van der Waals surface area (Å²) >= 11 is 0. The van der Waals surface area contributed by atoms with E-state index in [9.17, 15) is 17.6 Å². The second-order valence-electron chi connectivity index (χ2n) is 5.44. The molecule has 2 rings (SSSR count). The number of hydrogen-bond acceptors (Lipinski definition) is 4. The molecule has 1 aliphatic heterocycles. The van der Waals surface area contributed by atoms with Crippen molar-refractivity contribution in [1.82, 2.24) is 9.62 Å². The lowest BCUT2D eigenvalue weighted by atomic mass is 10.2. The summed E-state index contributed by atoms with van der Waals surface area (Å²) in [6.07, 6.45) is 0.742. The third-order valence-corrected chi connectivity index (χ3v) is 5.68. The molecule has 1 saturated heterocycles. The van der Waals surface area contributed by atoms with Crippen LogP contribution in [0.25, 0.3) is 0 Å². The Labute approximate surface area is 135 Å². The molecular formula is C15H21FN2O4S. The van der Waals surface area contributed by atoms with Crippen molar-refractivity contribution in [2.75, 3.05) is 26.3 Å². The molecule has 0 bridgehead atoms. The highest BCUT2D eigenvalue weighted by atomic mass is 32.2. The van der Waals surface area contributed by atoms with Crippen LogP contribution in [0.1, 0.15) is 30.6 Å². The van der Waals surface area contributed by atoms with Crippen LogP contribution in [0.2, 0.25) is 0 Å². The molecule has 0 aromatic heterocycles. The molecule has 1 N–H and O–H groups in total. The van der Waals surface area contributed by atoms with Gasteiger partial charge < -0.3 is 10.1 Å². The summed E-state index contributed by atoms with van der Waals surface area (Å²) in [5.74, 6) is -1.28. The number of hydrogen-bond donors (Lipinski definition) is 1. The van der Waals surface area contributed by atoms with Gasteiger partial charge in [0.05, 0.1) is 13.2 Å². The zero-order valence-corrected chi connectivity index (χ0v) is 14.0. The number of benzene rings is 1. The number of nitrogens with one attached hydrogen (secondary N) is 1. The highest BCUT2D eigenvalue weighted by Gasteiger charge is 2.29. The first kappa shape index (κ1) is 17.8. The van der Waals surface area contributed by atoms with Gasteiger partial charge in [0, 0.05) is 24.7 Å². The van der Waals surface area contributed by atoms with Crippen molar-refractivity contribution >= 4 is 15.9 Å². The lowest BCUT2D eigenvalue weighted by Gasteiger charge is -2.26. The predicted molar refractivity (Wildman–Crippen MR) is 83.2 cm³/mol. The van der Waals surface area contributed by atoms with Crippen molar-refractivity contribution in [2.24, 2.45) is 0 Å². The number of halogens is 1. The van der Waals surface area contributed by atoms with Crippen LogP contribution >= 0.6 is 0 Å². The molecule has 128 valence electrons. The van der Waals surface area contributed by atoms with Gasteiger partial charge in [-0.05, 0) is 31.5 Å². The number of amides is 1. The first-order valence-electron chi connectivity index (χ1n) is 7.54. The Balaban J connectivity index is 2.31. The number of carbonyl (C=O) groups is 1. The van der Waals surface area contributed by atoms with E-state index in [4.69, 9.17) is 4.74 Å². The molecule has 1 unspecified atom stereocenters. The standard InChI is InChI=1S/C15H21FN2O4S/c1-3-11(2)17-15(19)12-4-5-13(16)14(10-12)23(20,21)18-6-8-22-9-7-18/h4-5,10-11H,3,6-9H2,1-2H3,(H,17,19). The summed E-state index contributed by atoms with van der Waals surface area (Å²) in [6, 6.07) is 3.34. The fraction of sp³-hybridized carbons (Fsp3) is 0.533. The minimum absolute atomic E-state index is 0.0492. The van der Waals surface area contributed by atoms with Gasteiger partial charge in [-0.15, -0.1) is 0 Å². The van der Waals surface area contributed by atoms with Crippen LogP contribution in [0, 0.1) is 5.82 Å². The molecular weight excluding hydrogens is 323 g/mol. The Morgan fingerprint density at radius 3 is 2.65 bits per heavy atom. The number of sulfonamides is 1. The molecule has 0 aliphatic carbocycles. The molecule has 0 radical (unpaired) electrons. The Kier molecular flexibility index (Phi) is 5.72.